The molecular weight excluding hydrogens is 420 g/mol. The van der Waals surface area contributed by atoms with Crippen LogP contribution in [0.4, 0.5) is 0 Å². The van der Waals surface area contributed by atoms with E-state index >= 15 is 0 Å². The first-order valence-electron chi connectivity index (χ1n) is 11.2. The van der Waals surface area contributed by atoms with Gasteiger partial charge in [-0.1, -0.05) is 97.1 Å². The van der Waals surface area contributed by atoms with E-state index < -0.39 is 23.0 Å². The van der Waals surface area contributed by atoms with Crippen LogP contribution in [0.25, 0.3) is 22.3 Å². The molecule has 0 bridgehead atoms. The highest BCUT2D eigenvalue weighted by Gasteiger charge is 2.65. The first-order chi connectivity index (χ1) is 16.5. The van der Waals surface area contributed by atoms with Crippen LogP contribution in [0.5, 0.6) is 0 Å². The number of hydrogen-bond acceptors (Lipinski definition) is 4. The van der Waals surface area contributed by atoms with Crippen molar-refractivity contribution in [2.45, 2.75) is 17.6 Å². The number of nitrogens with zero attached hydrogens (tertiary/aromatic N) is 2. The Morgan fingerprint density at radius 1 is 0.500 bits per heavy atom. The Hall–Kier alpha value is -4.22. The first kappa shape index (κ1) is 20.4. The van der Waals surface area contributed by atoms with Crippen molar-refractivity contribution in [1.82, 2.24) is 0 Å². The van der Waals surface area contributed by atoms with E-state index in [0.29, 0.717) is 0 Å². The summed E-state index contributed by atoms with van der Waals surface area (Å²) in [6.45, 7) is 0. The van der Waals surface area contributed by atoms with Crippen molar-refractivity contribution >= 4 is 0 Å². The van der Waals surface area contributed by atoms with Gasteiger partial charge in [-0.3, -0.25) is 0 Å². The Kier molecular flexibility index (Phi) is 4.28. The average molecular weight is 441 g/mol. The van der Waals surface area contributed by atoms with Gasteiger partial charge < -0.3 is 10.2 Å². The van der Waals surface area contributed by atoms with Gasteiger partial charge in [-0.15, -0.1) is 0 Å². The average Bonchev–Trinajstić information content (AvgIpc) is 3.40. The van der Waals surface area contributed by atoms with Crippen LogP contribution in [-0.4, -0.2) is 16.0 Å². The molecule has 0 aromatic heterocycles. The summed E-state index contributed by atoms with van der Waals surface area (Å²) in [7, 11) is 0. The molecule has 4 aromatic carbocycles. The number of hydrogen-bond donors (Lipinski definition) is 2. The van der Waals surface area contributed by atoms with Crippen LogP contribution in [0, 0.1) is 28.1 Å². The Morgan fingerprint density at radius 2 is 0.794 bits per heavy atom. The third-order valence-corrected chi connectivity index (χ3v) is 7.50. The highest BCUT2D eigenvalue weighted by Crippen LogP contribution is 2.65. The number of fused-ring (bicyclic) bond motifs is 6. The molecule has 2 aliphatic rings. The molecule has 0 fully saturated rings. The molecule has 0 saturated heterocycles. The minimum Gasteiger partial charge on any atom is -0.353 e. The molecule has 4 aromatic rings. The molecule has 0 amide bonds. The smallest absolute Gasteiger partial charge is 0.275 e. The SMILES string of the molecule is N#CC(O)(O)C(C#N)(C1c2ccccc2-c2ccccc21)C1c2ccccc2-c2ccccc21. The highest BCUT2D eigenvalue weighted by molar-refractivity contribution is 5.83. The predicted octanol–water partition coefficient (Wildman–Crippen LogP) is 5.33. The number of aliphatic hydroxyl groups is 2. The quantitative estimate of drug-likeness (QED) is 0.333. The summed E-state index contributed by atoms with van der Waals surface area (Å²) in [5.41, 5.74) is 5.10. The molecule has 0 aliphatic heterocycles. The van der Waals surface area contributed by atoms with Crippen LogP contribution in [0.3, 0.4) is 0 Å². The van der Waals surface area contributed by atoms with Gasteiger partial charge >= 0.3 is 0 Å². The lowest BCUT2D eigenvalue weighted by atomic mass is 9.57. The molecule has 4 heteroatoms. The Balaban J connectivity index is 1.75. The third kappa shape index (κ3) is 2.42. The largest absolute Gasteiger partial charge is 0.353 e. The van der Waals surface area contributed by atoms with Gasteiger partial charge in [0.05, 0.1) is 6.07 Å². The van der Waals surface area contributed by atoms with Crippen molar-refractivity contribution in [3.05, 3.63) is 119 Å². The fourth-order valence-electron chi connectivity index (χ4n) is 6.16. The maximum Gasteiger partial charge on any atom is 0.275 e. The molecule has 0 spiro atoms. The maximum absolute atomic E-state index is 11.4. The standard InChI is InChI=1S/C30H20N2O2/c31-17-29(30(33,34)18-32,27-23-13-5-1-9-19(23)20-10-2-6-14-24(20)27)28-25-15-7-3-11-21(25)22-12-4-8-16-26(22)28/h1-16,27-28,33-34H. The lowest BCUT2D eigenvalue weighted by molar-refractivity contribution is -0.188. The van der Waals surface area contributed by atoms with Crippen LogP contribution in [-0.2, 0) is 0 Å². The number of rotatable bonds is 3. The van der Waals surface area contributed by atoms with E-state index in [4.69, 9.17) is 0 Å². The topological polar surface area (TPSA) is 88.0 Å². The van der Waals surface area contributed by atoms with Gasteiger partial charge in [-0.05, 0) is 44.5 Å². The van der Waals surface area contributed by atoms with Crippen molar-refractivity contribution in [3.63, 3.8) is 0 Å². The van der Waals surface area contributed by atoms with Crippen LogP contribution in [0.1, 0.15) is 34.1 Å². The summed E-state index contributed by atoms with van der Waals surface area (Å²) in [5.74, 6) is -4.40. The van der Waals surface area contributed by atoms with E-state index in [2.05, 4.69) is 6.07 Å². The molecule has 4 nitrogen and oxygen atoms in total. The second-order valence-electron chi connectivity index (χ2n) is 8.98. The molecule has 2 N–H and O–H groups in total. The second kappa shape index (κ2) is 7.14. The molecule has 2 aliphatic carbocycles. The van der Waals surface area contributed by atoms with Gasteiger partial charge in [0.15, 0.2) is 0 Å². The zero-order valence-corrected chi connectivity index (χ0v) is 18.2. The third-order valence-electron chi connectivity index (χ3n) is 7.50. The van der Waals surface area contributed by atoms with Gasteiger partial charge in [0.25, 0.3) is 5.79 Å². The van der Waals surface area contributed by atoms with Crippen molar-refractivity contribution in [1.29, 1.82) is 10.5 Å². The van der Waals surface area contributed by atoms with Crippen LogP contribution in [0.15, 0.2) is 97.1 Å². The molecule has 162 valence electrons. The van der Waals surface area contributed by atoms with Crippen LogP contribution >= 0.6 is 0 Å². The maximum atomic E-state index is 11.4. The van der Waals surface area contributed by atoms with Crippen LogP contribution in [0.2, 0.25) is 0 Å². The summed E-state index contributed by atoms with van der Waals surface area (Å²) in [6.07, 6.45) is 0. The van der Waals surface area contributed by atoms with Gasteiger partial charge in [-0.2, -0.15) is 10.5 Å². The second-order valence-corrected chi connectivity index (χ2v) is 8.98. The van der Waals surface area contributed by atoms with Gasteiger partial charge in [-0.25, -0.2) is 0 Å². The molecule has 0 unspecified atom stereocenters. The van der Waals surface area contributed by atoms with E-state index in [0.717, 1.165) is 44.5 Å². The fourth-order valence-corrected chi connectivity index (χ4v) is 6.16. The highest BCUT2D eigenvalue weighted by atomic mass is 16.5. The summed E-state index contributed by atoms with van der Waals surface area (Å²) in [5, 5.41) is 43.9. The minimum atomic E-state index is -2.94. The zero-order valence-electron chi connectivity index (χ0n) is 18.2. The number of nitriles is 2. The summed E-state index contributed by atoms with van der Waals surface area (Å²) in [6, 6.07) is 34.9. The molecule has 6 rings (SSSR count). The minimum absolute atomic E-state index is 0.733. The van der Waals surface area contributed by atoms with Crippen molar-refractivity contribution < 1.29 is 10.2 Å². The normalized spacial score (nSPS) is 14.5. The predicted molar refractivity (Wildman–Crippen MR) is 128 cm³/mol. The fraction of sp³-hybridized carbons (Fsp3) is 0.133. The van der Waals surface area contributed by atoms with E-state index in [1.165, 1.54) is 0 Å². The van der Waals surface area contributed by atoms with E-state index in [-0.39, 0.29) is 0 Å². The van der Waals surface area contributed by atoms with Gasteiger partial charge in [0.2, 0.25) is 0 Å². The number of benzene rings is 4. The summed E-state index contributed by atoms with van der Waals surface area (Å²) < 4.78 is 0. The zero-order chi connectivity index (χ0) is 23.5. The molecule has 0 radical (unpaired) electrons. The molecule has 34 heavy (non-hydrogen) atoms. The van der Waals surface area contributed by atoms with Crippen molar-refractivity contribution in [2.75, 3.05) is 0 Å². The lowest BCUT2D eigenvalue weighted by Crippen LogP contribution is -2.53. The van der Waals surface area contributed by atoms with E-state index in [1.807, 2.05) is 97.1 Å². The molecule has 0 atom stereocenters. The van der Waals surface area contributed by atoms with Crippen molar-refractivity contribution in [3.8, 4) is 34.4 Å². The first-order valence-corrected chi connectivity index (χ1v) is 11.2. The molecule has 0 heterocycles. The monoisotopic (exact) mass is 440 g/mol. The Morgan fingerprint density at radius 3 is 1.06 bits per heavy atom. The molecule has 0 saturated carbocycles. The summed E-state index contributed by atoms with van der Waals surface area (Å²) in [4.78, 5) is 0. The lowest BCUT2D eigenvalue weighted by Gasteiger charge is -2.44. The van der Waals surface area contributed by atoms with E-state index in [1.54, 1.807) is 6.07 Å². The van der Waals surface area contributed by atoms with Crippen molar-refractivity contribution in [2.24, 2.45) is 5.41 Å². The van der Waals surface area contributed by atoms with Gasteiger partial charge in [0, 0.05) is 11.8 Å². The molecular formula is C30H20N2O2. The van der Waals surface area contributed by atoms with E-state index in [9.17, 15) is 20.7 Å². The Bertz CT molecular complexity index is 1350. The Labute approximate surface area is 197 Å². The summed E-state index contributed by atoms with van der Waals surface area (Å²) >= 11 is 0. The van der Waals surface area contributed by atoms with Gasteiger partial charge in [0.1, 0.15) is 11.5 Å². The van der Waals surface area contributed by atoms with Crippen LogP contribution < -0.4 is 0 Å².